The van der Waals surface area contributed by atoms with Gasteiger partial charge in [0.05, 0.1) is 0 Å². The van der Waals surface area contributed by atoms with Crippen LogP contribution in [0.3, 0.4) is 0 Å². The predicted molar refractivity (Wildman–Crippen MR) is 62.1 cm³/mol. The van der Waals surface area contributed by atoms with E-state index in [-0.39, 0.29) is 0 Å². The van der Waals surface area contributed by atoms with Crippen molar-refractivity contribution in [2.75, 3.05) is 13.1 Å². The summed E-state index contributed by atoms with van der Waals surface area (Å²) in [4.78, 5) is 5.03. The maximum absolute atomic E-state index is 2.54. The zero-order valence-electron chi connectivity index (χ0n) is 10.5. The maximum Gasteiger partial charge on any atom is 0.103 e. The predicted octanol–water partition coefficient (Wildman–Crippen LogP) is 2.67. The monoisotopic (exact) mass is 196 g/mol. The van der Waals surface area contributed by atoms with E-state index in [0.29, 0.717) is 12.1 Å². The van der Waals surface area contributed by atoms with E-state index in [2.05, 4.69) is 51.3 Å². The van der Waals surface area contributed by atoms with Crippen molar-refractivity contribution in [2.24, 2.45) is 0 Å². The lowest BCUT2D eigenvalue weighted by Gasteiger charge is -2.31. The molecule has 1 fully saturated rings. The summed E-state index contributed by atoms with van der Waals surface area (Å²) in [6.07, 6.45) is 0. The minimum absolute atomic E-state index is 0.603. The molecule has 1 atom stereocenters. The summed E-state index contributed by atoms with van der Waals surface area (Å²) < 4.78 is 0. The number of rotatable bonds is 2. The summed E-state index contributed by atoms with van der Waals surface area (Å²) in [5.41, 5.74) is 1.44. The zero-order chi connectivity index (χ0) is 10.9. The third-order valence-electron chi connectivity index (χ3n) is 2.89. The Kier molecular flexibility index (Phi) is 3.46. The van der Waals surface area contributed by atoms with Gasteiger partial charge in [-0.3, -0.25) is 0 Å². The van der Waals surface area contributed by atoms with Crippen LogP contribution in [0.4, 0.5) is 0 Å². The molecule has 14 heavy (non-hydrogen) atoms. The fourth-order valence-electron chi connectivity index (χ4n) is 2.47. The molecule has 1 aliphatic rings. The number of nitrogens with zero attached hydrogens (tertiary/aromatic N) is 2. The van der Waals surface area contributed by atoms with Crippen LogP contribution in [0.2, 0.25) is 0 Å². The number of allylic oxidation sites excluding steroid dienone is 1. The second-order valence-corrected chi connectivity index (χ2v) is 4.71. The van der Waals surface area contributed by atoms with E-state index in [9.17, 15) is 0 Å². The van der Waals surface area contributed by atoms with E-state index in [0.717, 1.165) is 6.54 Å². The Morgan fingerprint density at radius 3 is 2.36 bits per heavy atom. The second kappa shape index (κ2) is 4.24. The summed E-state index contributed by atoms with van der Waals surface area (Å²) in [5.74, 6) is 1.45. The summed E-state index contributed by atoms with van der Waals surface area (Å²) in [6, 6.07) is 1.26. The van der Waals surface area contributed by atoms with Crippen LogP contribution >= 0.6 is 0 Å². The molecular weight excluding hydrogens is 172 g/mol. The average molecular weight is 196 g/mol. The van der Waals surface area contributed by atoms with E-state index >= 15 is 0 Å². The van der Waals surface area contributed by atoms with E-state index < -0.39 is 0 Å². The standard InChI is InChI=1S/C12H24N2/c1-7-13-8-11(6)14(10(4)5)12(13)9(2)3/h10-11H,7-8H2,1-6H3/t11-/m0/s1. The van der Waals surface area contributed by atoms with Gasteiger partial charge in [0.15, 0.2) is 0 Å². The first-order chi connectivity index (χ1) is 6.49. The summed E-state index contributed by atoms with van der Waals surface area (Å²) in [5, 5.41) is 0. The SMILES string of the molecule is CCN1C[C@H](C)N(C(C)C)C1=C(C)C. The van der Waals surface area contributed by atoms with E-state index in [1.165, 1.54) is 17.9 Å². The van der Waals surface area contributed by atoms with Crippen LogP contribution in [-0.4, -0.2) is 35.0 Å². The smallest absolute Gasteiger partial charge is 0.103 e. The molecule has 2 heteroatoms. The zero-order valence-corrected chi connectivity index (χ0v) is 10.5. The number of hydrogen-bond donors (Lipinski definition) is 0. The maximum atomic E-state index is 2.54. The molecule has 1 aliphatic heterocycles. The molecule has 0 aromatic rings. The van der Waals surface area contributed by atoms with Gasteiger partial charge in [-0.15, -0.1) is 0 Å². The first kappa shape index (κ1) is 11.4. The quantitative estimate of drug-likeness (QED) is 0.670. The highest BCUT2D eigenvalue weighted by Gasteiger charge is 2.32. The molecule has 0 bridgehead atoms. The van der Waals surface area contributed by atoms with Gasteiger partial charge in [0.1, 0.15) is 5.82 Å². The largest absolute Gasteiger partial charge is 0.357 e. The van der Waals surface area contributed by atoms with Crippen molar-refractivity contribution in [3.63, 3.8) is 0 Å². The molecule has 0 amide bonds. The highest BCUT2D eigenvalue weighted by Crippen LogP contribution is 2.28. The van der Waals surface area contributed by atoms with E-state index in [1.54, 1.807) is 0 Å². The van der Waals surface area contributed by atoms with Crippen LogP contribution in [0, 0.1) is 0 Å². The first-order valence-corrected chi connectivity index (χ1v) is 5.69. The van der Waals surface area contributed by atoms with Crippen molar-refractivity contribution in [1.29, 1.82) is 0 Å². The van der Waals surface area contributed by atoms with Crippen molar-refractivity contribution in [3.8, 4) is 0 Å². The molecule has 1 saturated heterocycles. The van der Waals surface area contributed by atoms with Crippen LogP contribution in [0.1, 0.15) is 41.5 Å². The number of hydrogen-bond acceptors (Lipinski definition) is 2. The van der Waals surface area contributed by atoms with Crippen LogP contribution in [0.5, 0.6) is 0 Å². The fraction of sp³-hybridized carbons (Fsp3) is 0.833. The lowest BCUT2D eigenvalue weighted by atomic mass is 10.2. The van der Waals surface area contributed by atoms with Crippen LogP contribution < -0.4 is 0 Å². The molecule has 0 unspecified atom stereocenters. The van der Waals surface area contributed by atoms with Gasteiger partial charge in [0.2, 0.25) is 0 Å². The highest BCUT2D eigenvalue weighted by atomic mass is 15.4. The molecule has 82 valence electrons. The van der Waals surface area contributed by atoms with Gasteiger partial charge in [0.25, 0.3) is 0 Å². The Balaban J connectivity index is 2.99. The third-order valence-corrected chi connectivity index (χ3v) is 2.89. The van der Waals surface area contributed by atoms with Crippen molar-refractivity contribution >= 4 is 0 Å². The molecular formula is C12H24N2. The molecule has 0 aromatic heterocycles. The van der Waals surface area contributed by atoms with Crippen LogP contribution in [0.15, 0.2) is 11.4 Å². The Labute approximate surface area is 88.6 Å². The molecule has 0 N–H and O–H groups in total. The fourth-order valence-corrected chi connectivity index (χ4v) is 2.47. The molecule has 0 aromatic carbocycles. The Bertz CT molecular complexity index is 226. The third kappa shape index (κ3) is 1.89. The van der Waals surface area contributed by atoms with Gasteiger partial charge in [-0.25, -0.2) is 0 Å². The molecule has 1 heterocycles. The van der Waals surface area contributed by atoms with E-state index in [4.69, 9.17) is 0 Å². The molecule has 0 saturated carbocycles. The van der Waals surface area contributed by atoms with Crippen molar-refractivity contribution in [3.05, 3.63) is 11.4 Å². The first-order valence-electron chi connectivity index (χ1n) is 5.69. The minimum atomic E-state index is 0.603. The normalized spacial score (nSPS) is 22.5. The van der Waals surface area contributed by atoms with Gasteiger partial charge in [-0.1, -0.05) is 0 Å². The van der Waals surface area contributed by atoms with Gasteiger partial charge < -0.3 is 9.80 Å². The van der Waals surface area contributed by atoms with Crippen molar-refractivity contribution in [1.82, 2.24) is 9.80 Å². The molecule has 2 nitrogen and oxygen atoms in total. The van der Waals surface area contributed by atoms with Crippen molar-refractivity contribution in [2.45, 2.75) is 53.6 Å². The van der Waals surface area contributed by atoms with Gasteiger partial charge in [0, 0.05) is 25.2 Å². The van der Waals surface area contributed by atoms with Gasteiger partial charge >= 0.3 is 0 Å². The van der Waals surface area contributed by atoms with Gasteiger partial charge in [-0.2, -0.15) is 0 Å². The van der Waals surface area contributed by atoms with Crippen LogP contribution in [0.25, 0.3) is 0 Å². The van der Waals surface area contributed by atoms with Crippen LogP contribution in [-0.2, 0) is 0 Å². The second-order valence-electron chi connectivity index (χ2n) is 4.71. The van der Waals surface area contributed by atoms with Gasteiger partial charge in [-0.05, 0) is 47.1 Å². The Morgan fingerprint density at radius 1 is 1.43 bits per heavy atom. The lowest BCUT2D eigenvalue weighted by Crippen LogP contribution is -2.34. The molecule has 0 aliphatic carbocycles. The Hall–Kier alpha value is -0.660. The summed E-state index contributed by atoms with van der Waals surface area (Å²) in [7, 11) is 0. The summed E-state index contributed by atoms with van der Waals surface area (Å²) >= 11 is 0. The average Bonchev–Trinajstić information content (AvgIpc) is 2.41. The highest BCUT2D eigenvalue weighted by molar-refractivity contribution is 5.15. The van der Waals surface area contributed by atoms with E-state index in [1.807, 2.05) is 0 Å². The molecule has 0 spiro atoms. The van der Waals surface area contributed by atoms with Crippen molar-refractivity contribution < 1.29 is 0 Å². The topological polar surface area (TPSA) is 6.48 Å². The minimum Gasteiger partial charge on any atom is -0.357 e. The molecule has 1 rings (SSSR count). The number of likely N-dealkylation sites (N-methyl/N-ethyl adjacent to an activating group) is 1. The lowest BCUT2D eigenvalue weighted by molar-refractivity contribution is 0.250. The molecule has 0 radical (unpaired) electrons. The Morgan fingerprint density at radius 2 is 2.00 bits per heavy atom. The summed E-state index contributed by atoms with van der Waals surface area (Å²) in [6.45, 7) is 15.8.